The van der Waals surface area contributed by atoms with Gasteiger partial charge in [-0.2, -0.15) is 4.98 Å². The van der Waals surface area contributed by atoms with Gasteiger partial charge in [0.2, 0.25) is 17.7 Å². The van der Waals surface area contributed by atoms with Crippen molar-refractivity contribution in [2.45, 2.75) is 27.2 Å². The summed E-state index contributed by atoms with van der Waals surface area (Å²) in [5, 5.41) is 3.03. The van der Waals surface area contributed by atoms with E-state index in [1.54, 1.807) is 17.2 Å². The zero-order valence-electron chi connectivity index (χ0n) is 11.8. The van der Waals surface area contributed by atoms with Gasteiger partial charge in [0.05, 0.1) is 6.61 Å². The Hall–Kier alpha value is -1.85. The van der Waals surface area contributed by atoms with Crippen molar-refractivity contribution in [3.05, 3.63) is 12.3 Å². The van der Waals surface area contributed by atoms with E-state index in [0.29, 0.717) is 31.4 Å². The Morgan fingerprint density at radius 1 is 1.37 bits per heavy atom. The summed E-state index contributed by atoms with van der Waals surface area (Å²) in [4.78, 5) is 21.8. The van der Waals surface area contributed by atoms with Gasteiger partial charge in [0.15, 0.2) is 0 Å². The summed E-state index contributed by atoms with van der Waals surface area (Å²) in [5.74, 6) is 1.16. The number of hydrogen-bond donors (Lipinski definition) is 1. The van der Waals surface area contributed by atoms with Gasteiger partial charge in [-0.15, -0.1) is 0 Å². The number of nitrogens with one attached hydrogen (secondary N) is 1. The van der Waals surface area contributed by atoms with Gasteiger partial charge < -0.3 is 15.0 Å². The predicted octanol–water partition coefficient (Wildman–Crippen LogP) is 1.55. The molecule has 0 bridgehead atoms. The molecule has 0 aliphatic rings. The van der Waals surface area contributed by atoms with Crippen molar-refractivity contribution in [1.29, 1.82) is 0 Å². The summed E-state index contributed by atoms with van der Waals surface area (Å²) >= 11 is 0. The van der Waals surface area contributed by atoms with Crippen molar-refractivity contribution in [1.82, 2.24) is 14.9 Å². The number of ether oxygens (including phenoxy) is 1. The van der Waals surface area contributed by atoms with E-state index in [4.69, 9.17) is 4.74 Å². The van der Waals surface area contributed by atoms with E-state index < -0.39 is 0 Å². The summed E-state index contributed by atoms with van der Waals surface area (Å²) in [6.45, 7) is 8.42. The van der Waals surface area contributed by atoms with Crippen molar-refractivity contribution in [3.8, 4) is 5.88 Å². The van der Waals surface area contributed by atoms with Crippen LogP contribution >= 0.6 is 0 Å². The first kappa shape index (κ1) is 15.2. The van der Waals surface area contributed by atoms with E-state index in [2.05, 4.69) is 15.3 Å². The van der Waals surface area contributed by atoms with Crippen LogP contribution in [-0.4, -0.2) is 47.0 Å². The average molecular weight is 266 g/mol. The molecule has 19 heavy (non-hydrogen) atoms. The van der Waals surface area contributed by atoms with Crippen molar-refractivity contribution in [3.63, 3.8) is 0 Å². The fraction of sp³-hybridized carbons (Fsp3) is 0.615. The Morgan fingerprint density at radius 2 is 2.11 bits per heavy atom. The lowest BCUT2D eigenvalue weighted by molar-refractivity contribution is -0.130. The summed E-state index contributed by atoms with van der Waals surface area (Å²) in [6.07, 6.45) is 2.07. The molecule has 1 heterocycles. The lowest BCUT2D eigenvalue weighted by atomic mass is 10.3. The number of nitrogens with zero attached hydrogens (tertiary/aromatic N) is 3. The number of amides is 1. The Bertz CT molecular complexity index is 394. The topological polar surface area (TPSA) is 67.3 Å². The highest BCUT2D eigenvalue weighted by molar-refractivity contribution is 5.76. The zero-order valence-corrected chi connectivity index (χ0v) is 11.8. The highest BCUT2D eigenvalue weighted by atomic mass is 16.5. The molecule has 6 nitrogen and oxygen atoms in total. The quantitative estimate of drug-likeness (QED) is 0.773. The molecule has 0 unspecified atom stereocenters. The fourth-order valence-electron chi connectivity index (χ4n) is 1.67. The van der Waals surface area contributed by atoms with E-state index in [0.717, 1.165) is 13.1 Å². The molecule has 1 N–H and O–H groups in total. The molecule has 0 saturated carbocycles. The Kier molecular flexibility index (Phi) is 6.63. The van der Waals surface area contributed by atoms with Crippen LogP contribution in [0.25, 0.3) is 0 Å². The minimum Gasteiger partial charge on any atom is -0.478 e. The summed E-state index contributed by atoms with van der Waals surface area (Å²) in [5.41, 5.74) is 0. The molecule has 1 aromatic heterocycles. The van der Waals surface area contributed by atoms with E-state index >= 15 is 0 Å². The molecule has 1 rings (SSSR count). The SMILES string of the molecule is CCOc1ccnc(NCCC(=O)N(CC)CC)n1. The van der Waals surface area contributed by atoms with Gasteiger partial charge in [-0.3, -0.25) is 4.79 Å². The highest BCUT2D eigenvalue weighted by Gasteiger charge is 2.09. The molecule has 0 aromatic carbocycles. The van der Waals surface area contributed by atoms with Gasteiger partial charge in [-0.1, -0.05) is 0 Å². The first-order valence-electron chi connectivity index (χ1n) is 6.68. The standard InChI is InChI=1S/C13H22N4O2/c1-4-17(5-2)12(18)8-10-15-13-14-9-7-11(16-13)19-6-3/h7,9H,4-6,8,10H2,1-3H3,(H,14,15,16). The lowest BCUT2D eigenvalue weighted by Crippen LogP contribution is -2.31. The largest absolute Gasteiger partial charge is 0.478 e. The van der Waals surface area contributed by atoms with E-state index in [1.807, 2.05) is 20.8 Å². The van der Waals surface area contributed by atoms with Crippen LogP contribution in [0.3, 0.4) is 0 Å². The molecule has 0 fully saturated rings. The second-order valence-electron chi connectivity index (χ2n) is 3.89. The highest BCUT2D eigenvalue weighted by Crippen LogP contribution is 2.08. The van der Waals surface area contributed by atoms with Gasteiger partial charge in [0, 0.05) is 38.3 Å². The monoisotopic (exact) mass is 266 g/mol. The van der Waals surface area contributed by atoms with Crippen LogP contribution in [0.5, 0.6) is 5.88 Å². The number of carbonyl (C=O) groups is 1. The summed E-state index contributed by atoms with van der Waals surface area (Å²) in [6, 6.07) is 1.70. The maximum atomic E-state index is 11.8. The normalized spacial score (nSPS) is 10.1. The number of aromatic nitrogens is 2. The van der Waals surface area contributed by atoms with Crippen LogP contribution in [0, 0.1) is 0 Å². The minimum absolute atomic E-state index is 0.137. The Balaban J connectivity index is 2.40. The molecule has 0 aliphatic heterocycles. The van der Waals surface area contributed by atoms with Crippen LogP contribution in [0.1, 0.15) is 27.2 Å². The van der Waals surface area contributed by atoms with E-state index in [-0.39, 0.29) is 5.91 Å². The van der Waals surface area contributed by atoms with Gasteiger partial charge in [0.25, 0.3) is 0 Å². The van der Waals surface area contributed by atoms with E-state index in [9.17, 15) is 4.79 Å². The van der Waals surface area contributed by atoms with Gasteiger partial charge in [-0.05, 0) is 20.8 Å². The van der Waals surface area contributed by atoms with Crippen molar-refractivity contribution in [2.24, 2.45) is 0 Å². The molecule has 0 radical (unpaired) electrons. The summed E-state index contributed by atoms with van der Waals surface area (Å²) in [7, 11) is 0. The predicted molar refractivity (Wildman–Crippen MR) is 74.2 cm³/mol. The third-order valence-electron chi connectivity index (χ3n) is 2.66. The number of carbonyl (C=O) groups excluding carboxylic acids is 1. The number of anilines is 1. The first-order valence-corrected chi connectivity index (χ1v) is 6.68. The molecule has 1 amide bonds. The van der Waals surface area contributed by atoms with Crippen LogP contribution in [0.4, 0.5) is 5.95 Å². The molecule has 1 aromatic rings. The second-order valence-corrected chi connectivity index (χ2v) is 3.89. The Morgan fingerprint density at radius 3 is 2.74 bits per heavy atom. The van der Waals surface area contributed by atoms with Crippen LogP contribution < -0.4 is 10.1 Å². The van der Waals surface area contributed by atoms with Gasteiger partial charge in [0.1, 0.15) is 0 Å². The second kappa shape index (κ2) is 8.29. The molecule has 0 aliphatic carbocycles. The molecular weight excluding hydrogens is 244 g/mol. The molecule has 6 heteroatoms. The average Bonchev–Trinajstić information content (AvgIpc) is 2.41. The number of rotatable bonds is 8. The first-order chi connectivity index (χ1) is 9.21. The summed E-state index contributed by atoms with van der Waals surface area (Å²) < 4.78 is 5.28. The molecule has 0 saturated heterocycles. The van der Waals surface area contributed by atoms with E-state index in [1.165, 1.54) is 0 Å². The van der Waals surface area contributed by atoms with Gasteiger partial charge in [-0.25, -0.2) is 4.98 Å². The van der Waals surface area contributed by atoms with Crippen molar-refractivity contribution < 1.29 is 9.53 Å². The zero-order chi connectivity index (χ0) is 14.1. The Labute approximate surface area is 114 Å². The molecule has 106 valence electrons. The van der Waals surface area contributed by atoms with Gasteiger partial charge >= 0.3 is 0 Å². The van der Waals surface area contributed by atoms with Crippen molar-refractivity contribution in [2.75, 3.05) is 31.6 Å². The fourth-order valence-corrected chi connectivity index (χ4v) is 1.67. The molecule has 0 spiro atoms. The maximum Gasteiger partial charge on any atom is 0.225 e. The number of hydrogen-bond acceptors (Lipinski definition) is 5. The third kappa shape index (κ3) is 5.11. The van der Waals surface area contributed by atoms with Crippen LogP contribution in [0.2, 0.25) is 0 Å². The van der Waals surface area contributed by atoms with Crippen molar-refractivity contribution >= 4 is 11.9 Å². The van der Waals surface area contributed by atoms with Crippen LogP contribution in [-0.2, 0) is 4.79 Å². The maximum absolute atomic E-state index is 11.8. The van der Waals surface area contributed by atoms with Crippen LogP contribution in [0.15, 0.2) is 12.3 Å². The molecule has 0 atom stereocenters. The minimum atomic E-state index is 0.137. The third-order valence-corrected chi connectivity index (χ3v) is 2.66. The lowest BCUT2D eigenvalue weighted by Gasteiger charge is -2.18. The molecular formula is C13H22N4O2. The smallest absolute Gasteiger partial charge is 0.225 e.